The molecule has 2 aromatic heterocycles. The number of para-hydroxylation sites is 1. The van der Waals surface area contributed by atoms with Crippen molar-refractivity contribution in [1.82, 2.24) is 25.1 Å². The number of carbonyl (C=O) groups excluding carboxylic acids is 1. The molecule has 3 aromatic rings. The van der Waals surface area contributed by atoms with Gasteiger partial charge >= 0.3 is 6.03 Å². The van der Waals surface area contributed by atoms with Gasteiger partial charge in [0.25, 0.3) is 0 Å². The number of hydrogen-bond acceptors (Lipinski definition) is 4. The van der Waals surface area contributed by atoms with E-state index in [0.29, 0.717) is 18.2 Å². The molecule has 0 saturated carbocycles. The predicted molar refractivity (Wildman–Crippen MR) is 93.7 cm³/mol. The van der Waals surface area contributed by atoms with Gasteiger partial charge in [-0.1, -0.05) is 12.1 Å². The van der Waals surface area contributed by atoms with Gasteiger partial charge in [0.1, 0.15) is 11.6 Å². The van der Waals surface area contributed by atoms with Crippen molar-refractivity contribution in [2.75, 3.05) is 11.9 Å². The molecule has 1 fully saturated rings. The fraction of sp³-hybridized carbons (Fsp3) is 0.222. The minimum atomic E-state index is -0.463. The van der Waals surface area contributed by atoms with Crippen LogP contribution in [0.2, 0.25) is 0 Å². The molecule has 1 atom stereocenters. The van der Waals surface area contributed by atoms with Crippen molar-refractivity contribution >= 4 is 11.7 Å². The number of nitrogens with zero attached hydrogens (tertiary/aromatic N) is 4. The third-order valence-electron chi connectivity index (χ3n) is 4.37. The molecule has 2 amide bonds. The van der Waals surface area contributed by atoms with Gasteiger partial charge < -0.3 is 10.2 Å². The molecule has 132 valence electrons. The number of anilines is 1. The first-order chi connectivity index (χ1) is 12.7. The lowest BCUT2D eigenvalue weighted by Crippen LogP contribution is -2.35. The number of urea groups is 1. The van der Waals surface area contributed by atoms with Gasteiger partial charge in [0.05, 0.1) is 11.7 Å². The topological polar surface area (TPSA) is 86.8 Å². The number of carbonyl (C=O) groups is 1. The zero-order chi connectivity index (χ0) is 17.9. The van der Waals surface area contributed by atoms with E-state index in [0.717, 1.165) is 18.4 Å². The molecular weight excluding hydrogens is 335 g/mol. The maximum Gasteiger partial charge on any atom is 0.322 e. The number of benzene rings is 1. The largest absolute Gasteiger partial charge is 0.322 e. The Bertz CT molecular complexity index is 913. The molecule has 1 saturated heterocycles. The van der Waals surface area contributed by atoms with Gasteiger partial charge in [-0.15, -0.1) is 0 Å². The van der Waals surface area contributed by atoms with Crippen molar-refractivity contribution in [2.24, 2.45) is 0 Å². The van der Waals surface area contributed by atoms with E-state index >= 15 is 0 Å². The van der Waals surface area contributed by atoms with E-state index in [-0.39, 0.29) is 17.8 Å². The summed E-state index contributed by atoms with van der Waals surface area (Å²) in [4.78, 5) is 22.8. The molecule has 0 radical (unpaired) electrons. The van der Waals surface area contributed by atoms with Crippen LogP contribution < -0.4 is 5.32 Å². The zero-order valence-electron chi connectivity index (χ0n) is 13.9. The van der Waals surface area contributed by atoms with Crippen LogP contribution in [0.25, 0.3) is 11.4 Å². The van der Waals surface area contributed by atoms with Crippen molar-refractivity contribution in [3.8, 4) is 11.4 Å². The Hall–Kier alpha value is -3.29. The van der Waals surface area contributed by atoms with Gasteiger partial charge in [0, 0.05) is 24.5 Å². The summed E-state index contributed by atoms with van der Waals surface area (Å²) in [6, 6.07) is 9.22. The molecular formula is C18H17FN6O. The van der Waals surface area contributed by atoms with Gasteiger partial charge in [-0.3, -0.25) is 10.1 Å². The summed E-state index contributed by atoms with van der Waals surface area (Å²) in [6.07, 6.45) is 4.98. The Morgan fingerprint density at radius 1 is 1.27 bits per heavy atom. The molecule has 1 aliphatic heterocycles. The van der Waals surface area contributed by atoms with E-state index in [4.69, 9.17) is 0 Å². The molecule has 2 N–H and O–H groups in total. The van der Waals surface area contributed by atoms with Crippen LogP contribution in [0.3, 0.4) is 0 Å². The van der Waals surface area contributed by atoms with Crippen molar-refractivity contribution in [1.29, 1.82) is 0 Å². The lowest BCUT2D eigenvalue weighted by Gasteiger charge is -2.23. The minimum Gasteiger partial charge on any atom is -0.314 e. The summed E-state index contributed by atoms with van der Waals surface area (Å²) < 4.78 is 13.8. The molecule has 26 heavy (non-hydrogen) atoms. The summed E-state index contributed by atoms with van der Waals surface area (Å²) in [5.74, 6) is 0.689. The van der Waals surface area contributed by atoms with Crippen LogP contribution in [-0.4, -0.2) is 37.6 Å². The van der Waals surface area contributed by atoms with E-state index in [1.165, 1.54) is 12.1 Å². The first kappa shape index (κ1) is 16.2. The van der Waals surface area contributed by atoms with E-state index in [2.05, 4.69) is 25.5 Å². The van der Waals surface area contributed by atoms with Crippen LogP contribution >= 0.6 is 0 Å². The third-order valence-corrected chi connectivity index (χ3v) is 4.37. The molecule has 0 spiro atoms. The highest BCUT2D eigenvalue weighted by Crippen LogP contribution is 2.31. The molecule has 7 nitrogen and oxygen atoms in total. The van der Waals surface area contributed by atoms with Crippen LogP contribution in [0.15, 0.2) is 48.8 Å². The van der Waals surface area contributed by atoms with Gasteiger partial charge in [0.2, 0.25) is 0 Å². The second-order valence-corrected chi connectivity index (χ2v) is 6.05. The summed E-state index contributed by atoms with van der Waals surface area (Å²) in [5, 5.41) is 9.78. The van der Waals surface area contributed by atoms with Crippen LogP contribution in [0, 0.1) is 5.82 Å². The predicted octanol–water partition coefficient (Wildman–Crippen LogP) is 3.37. The number of likely N-dealkylation sites (tertiary alicyclic amines) is 1. The fourth-order valence-electron chi connectivity index (χ4n) is 3.09. The monoisotopic (exact) mass is 352 g/mol. The normalized spacial score (nSPS) is 16.7. The Balaban J connectivity index is 1.53. The lowest BCUT2D eigenvalue weighted by atomic mass is 10.2. The second-order valence-electron chi connectivity index (χ2n) is 6.05. The highest BCUT2D eigenvalue weighted by atomic mass is 19.1. The number of nitrogens with one attached hydrogen (secondary N) is 2. The second kappa shape index (κ2) is 6.91. The molecule has 4 rings (SSSR count). The van der Waals surface area contributed by atoms with E-state index in [9.17, 15) is 9.18 Å². The highest BCUT2D eigenvalue weighted by molar-refractivity contribution is 5.89. The SMILES string of the molecule is O=C(Nc1ccccc1F)N1CCCC1c1nc(-c2cccnc2)n[nH]1. The molecule has 8 heteroatoms. The van der Waals surface area contributed by atoms with Crippen LogP contribution in [0.5, 0.6) is 0 Å². The van der Waals surface area contributed by atoms with E-state index in [1.807, 2.05) is 12.1 Å². The zero-order valence-corrected chi connectivity index (χ0v) is 13.9. The molecule has 0 bridgehead atoms. The standard InChI is InChI=1S/C18H17FN6O/c19-13-6-1-2-7-14(13)21-18(26)25-10-4-8-15(25)17-22-16(23-24-17)12-5-3-9-20-11-12/h1-3,5-7,9,11,15H,4,8,10H2,(H,21,26)(H,22,23,24). The minimum absolute atomic E-state index is 0.164. The number of amides is 2. The first-order valence-electron chi connectivity index (χ1n) is 8.37. The van der Waals surface area contributed by atoms with Gasteiger partial charge in [-0.2, -0.15) is 5.10 Å². The Morgan fingerprint density at radius 2 is 2.15 bits per heavy atom. The van der Waals surface area contributed by atoms with Crippen LogP contribution in [-0.2, 0) is 0 Å². The molecule has 3 heterocycles. The maximum atomic E-state index is 13.8. The Labute approximate surface area is 149 Å². The average molecular weight is 352 g/mol. The van der Waals surface area contributed by atoms with Crippen molar-refractivity contribution < 1.29 is 9.18 Å². The number of aromatic amines is 1. The number of halogens is 1. The third kappa shape index (κ3) is 3.13. The van der Waals surface area contributed by atoms with Crippen LogP contribution in [0.4, 0.5) is 14.9 Å². The van der Waals surface area contributed by atoms with Crippen LogP contribution in [0.1, 0.15) is 24.7 Å². The summed E-state index contributed by atoms with van der Waals surface area (Å²) in [6.45, 7) is 0.577. The summed E-state index contributed by atoms with van der Waals surface area (Å²) in [7, 11) is 0. The Kier molecular flexibility index (Phi) is 4.30. The highest BCUT2D eigenvalue weighted by Gasteiger charge is 2.32. The van der Waals surface area contributed by atoms with Gasteiger partial charge in [-0.25, -0.2) is 14.2 Å². The van der Waals surface area contributed by atoms with Crippen molar-refractivity contribution in [3.63, 3.8) is 0 Å². The summed E-state index contributed by atoms with van der Waals surface area (Å²) in [5.41, 5.74) is 0.965. The summed E-state index contributed by atoms with van der Waals surface area (Å²) >= 11 is 0. The number of aromatic nitrogens is 4. The number of H-pyrrole nitrogens is 1. The van der Waals surface area contributed by atoms with E-state index < -0.39 is 5.82 Å². The average Bonchev–Trinajstić information content (AvgIpc) is 3.33. The molecule has 1 aliphatic rings. The molecule has 1 aromatic carbocycles. The Morgan fingerprint density at radius 3 is 2.96 bits per heavy atom. The number of rotatable bonds is 3. The van der Waals surface area contributed by atoms with E-state index in [1.54, 1.807) is 29.4 Å². The first-order valence-corrected chi connectivity index (χ1v) is 8.37. The fourth-order valence-corrected chi connectivity index (χ4v) is 3.09. The number of hydrogen-bond donors (Lipinski definition) is 2. The number of pyridine rings is 1. The van der Waals surface area contributed by atoms with Gasteiger partial charge in [-0.05, 0) is 37.1 Å². The molecule has 0 aliphatic carbocycles. The maximum absolute atomic E-state index is 13.8. The quantitative estimate of drug-likeness (QED) is 0.756. The molecule has 1 unspecified atom stereocenters. The lowest BCUT2D eigenvalue weighted by molar-refractivity contribution is 0.205. The van der Waals surface area contributed by atoms with Crippen molar-refractivity contribution in [3.05, 3.63) is 60.4 Å². The van der Waals surface area contributed by atoms with Gasteiger partial charge in [0.15, 0.2) is 5.82 Å². The smallest absolute Gasteiger partial charge is 0.314 e. The van der Waals surface area contributed by atoms with Crippen molar-refractivity contribution in [2.45, 2.75) is 18.9 Å².